The first kappa shape index (κ1) is 21.4. The van der Waals surface area contributed by atoms with Crippen molar-refractivity contribution in [2.75, 3.05) is 25.6 Å². The Bertz CT molecular complexity index is 1360. The van der Waals surface area contributed by atoms with Crippen molar-refractivity contribution in [3.8, 4) is 11.3 Å². The summed E-state index contributed by atoms with van der Waals surface area (Å²) in [5, 5.41) is 21.8. The number of ether oxygens (including phenoxy) is 1. The number of pyridine rings is 1. The van der Waals surface area contributed by atoms with Crippen molar-refractivity contribution in [2.24, 2.45) is 0 Å². The molecule has 1 aliphatic heterocycles. The molecule has 0 radical (unpaired) electrons. The van der Waals surface area contributed by atoms with Gasteiger partial charge in [0.1, 0.15) is 22.6 Å². The van der Waals surface area contributed by atoms with E-state index >= 15 is 0 Å². The number of rotatable bonds is 5. The minimum Gasteiger partial charge on any atom is -0.386 e. The minimum atomic E-state index is -1.13. The van der Waals surface area contributed by atoms with Gasteiger partial charge in [-0.1, -0.05) is 0 Å². The molecule has 0 saturated carbocycles. The number of nitrogens with zero attached hydrogens (tertiary/aromatic N) is 5. The van der Waals surface area contributed by atoms with Crippen LogP contribution in [0.15, 0.2) is 36.8 Å². The van der Waals surface area contributed by atoms with Crippen molar-refractivity contribution in [3.05, 3.63) is 42.4 Å². The van der Waals surface area contributed by atoms with Crippen molar-refractivity contribution >= 4 is 28.4 Å². The Balaban J connectivity index is 1.63. The molecule has 172 valence electrons. The molecule has 0 spiro atoms. The molecule has 3 N–H and O–H groups in total. The summed E-state index contributed by atoms with van der Waals surface area (Å²) in [6.07, 6.45) is 5.32. The number of carbonyl (C=O) groups excluding carboxylic acids is 1. The Morgan fingerprint density at radius 3 is 2.88 bits per heavy atom. The standard InChI is InChI=1S/C23H27N7O3/c1-13(2)29-10-16(14-6-5-7-25-20(14)29)17-8-19(24-4)30-21(27-17)15(9-26-30)22(31)28-18-11-33-12-23(18,3)32/h5-10,13,18,24,32H,11-12H2,1-4H3,(H,28,31)/t18?,23-/m0/s1. The smallest absolute Gasteiger partial charge is 0.257 e. The molecule has 1 amide bonds. The Labute approximate surface area is 190 Å². The average molecular weight is 450 g/mol. The SMILES string of the molecule is CNc1cc(-c2cn(C(C)C)c3ncccc23)nc2c(C(=O)NC3COC[C@]3(C)O)cnn12. The van der Waals surface area contributed by atoms with Gasteiger partial charge in [-0.05, 0) is 32.9 Å². The maximum Gasteiger partial charge on any atom is 0.257 e. The molecule has 1 aliphatic rings. The van der Waals surface area contributed by atoms with E-state index in [4.69, 9.17) is 9.72 Å². The number of aromatic nitrogens is 5. The second-order valence-electron chi connectivity index (χ2n) is 8.89. The van der Waals surface area contributed by atoms with Crippen LogP contribution in [0.2, 0.25) is 0 Å². The molecule has 0 aromatic carbocycles. The lowest BCUT2D eigenvalue weighted by Crippen LogP contribution is -2.50. The highest BCUT2D eigenvalue weighted by molar-refractivity contribution is 6.01. The summed E-state index contributed by atoms with van der Waals surface area (Å²) in [6, 6.07) is 5.54. The monoisotopic (exact) mass is 449 g/mol. The number of nitrogens with one attached hydrogen (secondary N) is 2. The predicted octanol–water partition coefficient (Wildman–Crippen LogP) is 2.25. The molecule has 10 heteroatoms. The van der Waals surface area contributed by atoms with E-state index in [0.29, 0.717) is 22.7 Å². The largest absolute Gasteiger partial charge is 0.386 e. The summed E-state index contributed by atoms with van der Waals surface area (Å²) in [7, 11) is 1.80. The molecule has 5 heterocycles. The van der Waals surface area contributed by atoms with Gasteiger partial charge in [-0.2, -0.15) is 9.61 Å². The fraction of sp³-hybridized carbons (Fsp3) is 0.391. The van der Waals surface area contributed by atoms with Crippen LogP contribution in [0, 0.1) is 0 Å². The number of aliphatic hydroxyl groups is 1. The van der Waals surface area contributed by atoms with Crippen molar-refractivity contribution in [2.45, 2.75) is 38.5 Å². The highest BCUT2D eigenvalue weighted by atomic mass is 16.5. The average Bonchev–Trinajstić information content (AvgIpc) is 3.48. The van der Waals surface area contributed by atoms with Crippen LogP contribution in [-0.4, -0.2) is 67.1 Å². The first-order valence-electron chi connectivity index (χ1n) is 10.9. The van der Waals surface area contributed by atoms with Crippen molar-refractivity contribution < 1.29 is 14.6 Å². The molecular weight excluding hydrogens is 422 g/mol. The Kier molecular flexibility index (Phi) is 5.06. The van der Waals surface area contributed by atoms with E-state index in [1.807, 2.05) is 24.4 Å². The van der Waals surface area contributed by atoms with E-state index in [1.54, 1.807) is 24.7 Å². The van der Waals surface area contributed by atoms with Crippen LogP contribution in [-0.2, 0) is 4.74 Å². The molecule has 1 saturated heterocycles. The molecule has 4 aromatic heterocycles. The van der Waals surface area contributed by atoms with E-state index in [9.17, 15) is 9.90 Å². The second kappa shape index (κ2) is 7.82. The van der Waals surface area contributed by atoms with Gasteiger partial charge in [0.2, 0.25) is 0 Å². The van der Waals surface area contributed by atoms with Gasteiger partial charge in [-0.15, -0.1) is 0 Å². The van der Waals surface area contributed by atoms with Crippen molar-refractivity contribution in [1.29, 1.82) is 0 Å². The zero-order valence-electron chi connectivity index (χ0n) is 19.0. The molecule has 0 aliphatic carbocycles. The summed E-state index contributed by atoms with van der Waals surface area (Å²) >= 11 is 0. The third-order valence-electron chi connectivity index (χ3n) is 6.13. The van der Waals surface area contributed by atoms with Crippen LogP contribution < -0.4 is 10.6 Å². The zero-order valence-corrected chi connectivity index (χ0v) is 19.0. The summed E-state index contributed by atoms with van der Waals surface area (Å²) in [6.45, 7) is 6.28. The van der Waals surface area contributed by atoms with Crippen LogP contribution in [0.25, 0.3) is 27.9 Å². The van der Waals surface area contributed by atoms with Gasteiger partial charge in [0, 0.05) is 42.5 Å². The van der Waals surface area contributed by atoms with Gasteiger partial charge >= 0.3 is 0 Å². The van der Waals surface area contributed by atoms with Crippen LogP contribution >= 0.6 is 0 Å². The Morgan fingerprint density at radius 2 is 2.18 bits per heavy atom. The van der Waals surface area contributed by atoms with E-state index in [-0.39, 0.29) is 25.2 Å². The van der Waals surface area contributed by atoms with Crippen LogP contribution in [0.4, 0.5) is 5.82 Å². The molecule has 5 rings (SSSR count). The molecule has 4 aromatic rings. The number of fused-ring (bicyclic) bond motifs is 2. The van der Waals surface area contributed by atoms with Crippen LogP contribution in [0.1, 0.15) is 37.2 Å². The molecule has 1 fully saturated rings. The summed E-state index contributed by atoms with van der Waals surface area (Å²) in [5.41, 5.74) is 2.12. The highest BCUT2D eigenvalue weighted by Crippen LogP contribution is 2.32. The number of anilines is 1. The third-order valence-corrected chi connectivity index (χ3v) is 6.13. The summed E-state index contributed by atoms with van der Waals surface area (Å²) in [5.74, 6) is 0.332. The third kappa shape index (κ3) is 3.51. The van der Waals surface area contributed by atoms with Gasteiger partial charge in [0.25, 0.3) is 5.91 Å². The normalized spacial score (nSPS) is 20.7. The van der Waals surface area contributed by atoms with E-state index in [2.05, 4.69) is 39.1 Å². The summed E-state index contributed by atoms with van der Waals surface area (Å²) < 4.78 is 9.05. The second-order valence-corrected chi connectivity index (χ2v) is 8.89. The van der Waals surface area contributed by atoms with Gasteiger partial charge in [0.15, 0.2) is 5.65 Å². The first-order valence-corrected chi connectivity index (χ1v) is 10.9. The lowest BCUT2D eigenvalue weighted by molar-refractivity contribution is 0.0288. The van der Waals surface area contributed by atoms with Gasteiger partial charge < -0.3 is 25.0 Å². The molecule has 10 nitrogen and oxygen atoms in total. The van der Waals surface area contributed by atoms with Crippen molar-refractivity contribution in [1.82, 2.24) is 29.5 Å². The quantitative estimate of drug-likeness (QED) is 0.428. The van der Waals surface area contributed by atoms with E-state index < -0.39 is 11.6 Å². The lowest BCUT2D eigenvalue weighted by Gasteiger charge is -2.23. The van der Waals surface area contributed by atoms with Gasteiger partial charge in [-0.3, -0.25) is 4.79 Å². The molecule has 33 heavy (non-hydrogen) atoms. The number of carbonyl (C=O) groups is 1. The van der Waals surface area contributed by atoms with Crippen LogP contribution in [0.5, 0.6) is 0 Å². The van der Waals surface area contributed by atoms with Crippen LogP contribution in [0.3, 0.4) is 0 Å². The minimum absolute atomic E-state index is 0.174. The Hall–Kier alpha value is -3.50. The molecule has 0 bridgehead atoms. The first-order chi connectivity index (χ1) is 15.8. The molecular formula is C23H27N7O3. The number of hydrogen-bond donors (Lipinski definition) is 3. The highest BCUT2D eigenvalue weighted by Gasteiger charge is 2.39. The maximum absolute atomic E-state index is 13.1. The fourth-order valence-corrected chi connectivity index (χ4v) is 4.22. The Morgan fingerprint density at radius 1 is 1.36 bits per heavy atom. The zero-order chi connectivity index (χ0) is 23.3. The lowest BCUT2D eigenvalue weighted by atomic mass is 10.0. The van der Waals surface area contributed by atoms with Gasteiger partial charge in [0.05, 0.1) is 31.1 Å². The van der Waals surface area contributed by atoms with Crippen molar-refractivity contribution in [3.63, 3.8) is 0 Å². The number of hydrogen-bond acceptors (Lipinski definition) is 7. The number of amides is 1. The summed E-state index contributed by atoms with van der Waals surface area (Å²) in [4.78, 5) is 22.5. The van der Waals surface area contributed by atoms with E-state index in [0.717, 1.165) is 16.6 Å². The topological polar surface area (TPSA) is 119 Å². The maximum atomic E-state index is 13.1. The molecule has 2 atom stereocenters. The fourth-order valence-electron chi connectivity index (χ4n) is 4.22. The predicted molar refractivity (Wildman–Crippen MR) is 124 cm³/mol. The van der Waals surface area contributed by atoms with E-state index in [1.165, 1.54) is 6.20 Å². The molecule has 1 unspecified atom stereocenters. The van der Waals surface area contributed by atoms with Gasteiger partial charge in [-0.25, -0.2) is 9.97 Å².